The Balaban J connectivity index is 3.49. The molecule has 0 saturated heterocycles. The van der Waals surface area contributed by atoms with E-state index in [9.17, 15) is 20.2 Å². The summed E-state index contributed by atoms with van der Waals surface area (Å²) in [6, 6.07) is 3.28. The molecule has 0 fully saturated rings. The minimum atomic E-state index is -0.859. The van der Waals surface area contributed by atoms with Gasteiger partial charge in [0, 0.05) is 0 Å². The second-order valence-electron chi connectivity index (χ2n) is 2.82. The van der Waals surface area contributed by atoms with Gasteiger partial charge >= 0.3 is 5.69 Å². The summed E-state index contributed by atoms with van der Waals surface area (Å²) in [5.74, 6) is 0. The van der Waals surface area contributed by atoms with Crippen LogP contribution in [-0.4, -0.2) is 17.0 Å². The van der Waals surface area contributed by atoms with Gasteiger partial charge in [-0.25, -0.2) is 0 Å². The number of nitro groups is 2. The summed E-state index contributed by atoms with van der Waals surface area (Å²) in [5, 5.41) is 30.0. The fourth-order valence-electron chi connectivity index (χ4n) is 1.16. The Morgan fingerprint density at radius 1 is 1.29 bits per heavy atom. The van der Waals surface area contributed by atoms with Crippen molar-refractivity contribution in [3.8, 4) is 6.07 Å². The summed E-state index contributed by atoms with van der Waals surface area (Å²) in [6.45, 7) is 0. The molecule has 0 aliphatic carbocycles. The lowest BCUT2D eigenvalue weighted by Gasteiger charge is -2.04. The lowest BCUT2D eigenvalue weighted by atomic mass is 10.1. The van der Waals surface area contributed by atoms with Crippen molar-refractivity contribution in [2.24, 2.45) is 0 Å². The molecule has 1 aromatic rings. The molecule has 1 N–H and O–H groups in total. The number of hydrogen-bond acceptors (Lipinski definition) is 7. The van der Waals surface area contributed by atoms with Crippen LogP contribution in [0.15, 0.2) is 12.1 Å². The van der Waals surface area contributed by atoms with Crippen LogP contribution < -0.4 is 5.48 Å². The van der Waals surface area contributed by atoms with Crippen molar-refractivity contribution < 1.29 is 14.7 Å². The highest BCUT2D eigenvalue weighted by Gasteiger charge is 2.24. The van der Waals surface area contributed by atoms with Gasteiger partial charge in [0.2, 0.25) is 0 Å². The van der Waals surface area contributed by atoms with Gasteiger partial charge in [-0.1, -0.05) is 0 Å². The van der Waals surface area contributed by atoms with Gasteiger partial charge in [0.1, 0.15) is 17.3 Å². The van der Waals surface area contributed by atoms with E-state index in [4.69, 9.17) is 5.26 Å². The zero-order valence-electron chi connectivity index (χ0n) is 8.54. The van der Waals surface area contributed by atoms with E-state index in [1.807, 2.05) is 0 Å². The van der Waals surface area contributed by atoms with Crippen LogP contribution in [0.25, 0.3) is 0 Å². The fourth-order valence-corrected chi connectivity index (χ4v) is 1.16. The summed E-state index contributed by atoms with van der Waals surface area (Å²) in [6.07, 6.45) is 0. The monoisotopic (exact) mass is 238 g/mol. The molecule has 9 nitrogen and oxygen atoms in total. The SMILES string of the molecule is CONc1cc(C#N)c([N+](=O)[O-])cc1[N+](=O)[O-]. The molecule has 0 heterocycles. The highest BCUT2D eigenvalue weighted by atomic mass is 16.6. The van der Waals surface area contributed by atoms with Crippen molar-refractivity contribution >= 4 is 17.1 Å². The predicted octanol–water partition coefficient (Wildman–Crippen LogP) is 1.35. The van der Waals surface area contributed by atoms with Crippen LogP contribution >= 0.6 is 0 Å². The van der Waals surface area contributed by atoms with E-state index < -0.39 is 21.2 Å². The number of nitrogens with one attached hydrogen (secondary N) is 1. The molecule has 1 rings (SSSR count). The van der Waals surface area contributed by atoms with Crippen LogP contribution in [0.4, 0.5) is 17.1 Å². The number of nitrogens with zero attached hydrogens (tertiary/aromatic N) is 3. The second kappa shape index (κ2) is 4.86. The summed E-state index contributed by atoms with van der Waals surface area (Å²) in [7, 11) is 1.22. The molecule has 1 aromatic carbocycles. The Kier molecular flexibility index (Phi) is 3.53. The van der Waals surface area contributed by atoms with Gasteiger partial charge in [-0.05, 0) is 6.07 Å². The third-order valence-electron chi connectivity index (χ3n) is 1.84. The number of anilines is 1. The molecule has 0 radical (unpaired) electrons. The van der Waals surface area contributed by atoms with E-state index in [0.29, 0.717) is 6.07 Å². The molecule has 0 spiro atoms. The highest BCUT2D eigenvalue weighted by Crippen LogP contribution is 2.32. The molecule has 0 amide bonds. The fraction of sp³-hybridized carbons (Fsp3) is 0.125. The average Bonchev–Trinajstić information content (AvgIpc) is 2.28. The first kappa shape index (κ1) is 12.3. The van der Waals surface area contributed by atoms with Gasteiger partial charge in [-0.15, -0.1) is 0 Å². The van der Waals surface area contributed by atoms with E-state index in [1.54, 1.807) is 6.07 Å². The van der Waals surface area contributed by atoms with Crippen molar-refractivity contribution in [1.82, 2.24) is 0 Å². The van der Waals surface area contributed by atoms with Crippen LogP contribution in [0.1, 0.15) is 5.56 Å². The summed E-state index contributed by atoms with van der Waals surface area (Å²) in [4.78, 5) is 24.1. The molecule has 88 valence electrons. The first-order valence-corrected chi connectivity index (χ1v) is 4.17. The zero-order chi connectivity index (χ0) is 13.0. The maximum absolute atomic E-state index is 10.7. The predicted molar refractivity (Wildman–Crippen MR) is 55.1 cm³/mol. The van der Waals surface area contributed by atoms with E-state index in [1.165, 1.54) is 7.11 Å². The smallest absolute Gasteiger partial charge is 0.279 e. The molecule has 17 heavy (non-hydrogen) atoms. The van der Waals surface area contributed by atoms with Gasteiger partial charge in [-0.2, -0.15) is 5.26 Å². The van der Waals surface area contributed by atoms with Crippen molar-refractivity contribution in [2.75, 3.05) is 12.6 Å². The average molecular weight is 238 g/mol. The third-order valence-corrected chi connectivity index (χ3v) is 1.84. The maximum Gasteiger partial charge on any atom is 0.301 e. The molecule has 0 aliphatic rings. The summed E-state index contributed by atoms with van der Waals surface area (Å²) < 4.78 is 0. The van der Waals surface area contributed by atoms with Gasteiger partial charge in [0.05, 0.1) is 23.0 Å². The summed E-state index contributed by atoms with van der Waals surface area (Å²) in [5.41, 5.74) is 0.598. The largest absolute Gasteiger partial charge is 0.301 e. The first-order chi connectivity index (χ1) is 8.01. The van der Waals surface area contributed by atoms with E-state index in [-0.39, 0.29) is 11.3 Å². The minimum Gasteiger partial charge on any atom is -0.279 e. The molecule has 0 atom stereocenters. The zero-order valence-corrected chi connectivity index (χ0v) is 8.54. The number of nitro benzene ring substituents is 2. The van der Waals surface area contributed by atoms with Crippen molar-refractivity contribution in [3.63, 3.8) is 0 Å². The Labute approximate surface area is 94.5 Å². The Bertz CT molecular complexity index is 521. The maximum atomic E-state index is 10.7. The van der Waals surface area contributed by atoms with Crippen molar-refractivity contribution in [2.45, 2.75) is 0 Å². The van der Waals surface area contributed by atoms with Crippen LogP contribution in [0.5, 0.6) is 0 Å². The van der Waals surface area contributed by atoms with Crippen LogP contribution in [-0.2, 0) is 4.84 Å². The standard InChI is InChI=1S/C8H6N4O5/c1-17-10-6-2-5(4-9)7(11(13)14)3-8(6)12(15)16/h2-3,10H,1H3. The van der Waals surface area contributed by atoms with E-state index >= 15 is 0 Å². The molecule has 0 saturated carbocycles. The molecular weight excluding hydrogens is 232 g/mol. The topological polar surface area (TPSA) is 131 Å². The number of rotatable bonds is 4. The number of benzene rings is 1. The third kappa shape index (κ3) is 2.44. The molecule has 9 heteroatoms. The highest BCUT2D eigenvalue weighted by molar-refractivity contribution is 5.69. The Morgan fingerprint density at radius 3 is 2.29 bits per heavy atom. The van der Waals surface area contributed by atoms with Gasteiger partial charge in [-0.3, -0.25) is 30.5 Å². The van der Waals surface area contributed by atoms with Gasteiger partial charge in [0.25, 0.3) is 5.69 Å². The normalized spacial score (nSPS) is 9.41. The lowest BCUT2D eigenvalue weighted by Crippen LogP contribution is -2.03. The van der Waals surface area contributed by atoms with Crippen LogP contribution in [0, 0.1) is 31.6 Å². The molecule has 0 unspecified atom stereocenters. The van der Waals surface area contributed by atoms with Crippen molar-refractivity contribution in [1.29, 1.82) is 5.26 Å². The van der Waals surface area contributed by atoms with Crippen LogP contribution in [0.3, 0.4) is 0 Å². The van der Waals surface area contributed by atoms with Crippen molar-refractivity contribution in [3.05, 3.63) is 37.9 Å². The Morgan fingerprint density at radius 2 is 1.88 bits per heavy atom. The first-order valence-electron chi connectivity index (χ1n) is 4.17. The molecule has 0 aliphatic heterocycles. The lowest BCUT2D eigenvalue weighted by molar-refractivity contribution is -0.393. The minimum absolute atomic E-state index is 0.125. The van der Waals surface area contributed by atoms with E-state index in [0.717, 1.165) is 6.07 Å². The number of nitriles is 1. The molecule has 0 aromatic heterocycles. The number of hydrogen-bond donors (Lipinski definition) is 1. The van der Waals surface area contributed by atoms with Gasteiger partial charge < -0.3 is 0 Å². The molecular formula is C8H6N4O5. The van der Waals surface area contributed by atoms with Gasteiger partial charge in [0.15, 0.2) is 0 Å². The Hall–Kier alpha value is -2.73. The molecule has 0 bridgehead atoms. The van der Waals surface area contributed by atoms with Crippen LogP contribution in [0.2, 0.25) is 0 Å². The van der Waals surface area contributed by atoms with E-state index in [2.05, 4.69) is 10.3 Å². The summed E-state index contributed by atoms with van der Waals surface area (Å²) >= 11 is 0. The quantitative estimate of drug-likeness (QED) is 0.618. The second-order valence-corrected chi connectivity index (χ2v) is 2.82.